The summed E-state index contributed by atoms with van der Waals surface area (Å²) in [5, 5.41) is 2.87. The zero-order chi connectivity index (χ0) is 14.5. The molecule has 7 heteroatoms. The number of rotatable bonds is 5. The SMILES string of the molecule is CC(Cc1cnccn1)NC(=O)CN1CCN(C)C1=O. The van der Waals surface area contributed by atoms with Crippen LogP contribution in [-0.2, 0) is 11.2 Å². The van der Waals surface area contributed by atoms with Gasteiger partial charge in [-0.2, -0.15) is 0 Å². The first-order chi connectivity index (χ1) is 9.56. The fraction of sp³-hybridized carbons (Fsp3) is 0.538. The molecule has 1 unspecified atom stereocenters. The average molecular weight is 277 g/mol. The van der Waals surface area contributed by atoms with Crippen molar-refractivity contribution >= 4 is 11.9 Å². The van der Waals surface area contributed by atoms with E-state index >= 15 is 0 Å². The Morgan fingerprint density at radius 2 is 2.25 bits per heavy atom. The maximum atomic E-state index is 11.9. The quantitative estimate of drug-likeness (QED) is 0.814. The molecule has 1 aromatic heterocycles. The summed E-state index contributed by atoms with van der Waals surface area (Å²) in [5.74, 6) is -0.148. The third kappa shape index (κ3) is 3.66. The number of nitrogens with one attached hydrogen (secondary N) is 1. The highest BCUT2D eigenvalue weighted by molar-refractivity contribution is 5.85. The predicted molar refractivity (Wildman–Crippen MR) is 72.9 cm³/mol. The summed E-state index contributed by atoms with van der Waals surface area (Å²) in [6.45, 7) is 3.28. The summed E-state index contributed by atoms with van der Waals surface area (Å²) in [6, 6.07) is -0.142. The number of carbonyl (C=O) groups excluding carboxylic acids is 2. The van der Waals surface area contributed by atoms with Gasteiger partial charge in [0, 0.05) is 51.2 Å². The van der Waals surface area contributed by atoms with E-state index in [-0.39, 0.29) is 24.5 Å². The first-order valence-corrected chi connectivity index (χ1v) is 6.60. The zero-order valence-corrected chi connectivity index (χ0v) is 11.7. The van der Waals surface area contributed by atoms with Gasteiger partial charge in [-0.3, -0.25) is 14.8 Å². The molecular formula is C13H19N5O2. The Morgan fingerprint density at radius 1 is 1.45 bits per heavy atom. The highest BCUT2D eigenvalue weighted by Gasteiger charge is 2.27. The fourth-order valence-electron chi connectivity index (χ4n) is 2.14. The Morgan fingerprint density at radius 3 is 2.85 bits per heavy atom. The van der Waals surface area contributed by atoms with Gasteiger partial charge >= 0.3 is 6.03 Å². The van der Waals surface area contributed by atoms with Crippen LogP contribution >= 0.6 is 0 Å². The van der Waals surface area contributed by atoms with E-state index in [9.17, 15) is 9.59 Å². The fourth-order valence-corrected chi connectivity index (χ4v) is 2.14. The topological polar surface area (TPSA) is 78.4 Å². The molecule has 1 aliphatic heterocycles. The summed E-state index contributed by atoms with van der Waals surface area (Å²) in [5.41, 5.74) is 0.831. The molecule has 0 aliphatic carbocycles. The van der Waals surface area contributed by atoms with Crippen LogP contribution in [0.2, 0.25) is 0 Å². The van der Waals surface area contributed by atoms with Crippen LogP contribution in [0, 0.1) is 0 Å². The normalized spacial score (nSPS) is 16.4. The van der Waals surface area contributed by atoms with Crippen LogP contribution in [0.4, 0.5) is 4.79 Å². The highest BCUT2D eigenvalue weighted by Crippen LogP contribution is 2.05. The van der Waals surface area contributed by atoms with Gasteiger partial charge in [0.15, 0.2) is 0 Å². The van der Waals surface area contributed by atoms with Crippen LogP contribution in [0.3, 0.4) is 0 Å². The van der Waals surface area contributed by atoms with Crippen LogP contribution in [0.15, 0.2) is 18.6 Å². The lowest BCUT2D eigenvalue weighted by atomic mass is 10.2. The van der Waals surface area contributed by atoms with Crippen LogP contribution in [0.5, 0.6) is 0 Å². The molecule has 1 aromatic rings. The number of urea groups is 1. The van der Waals surface area contributed by atoms with Crippen molar-refractivity contribution in [2.45, 2.75) is 19.4 Å². The Labute approximate surface area is 118 Å². The Balaban J connectivity index is 1.78. The number of hydrogen-bond acceptors (Lipinski definition) is 4. The third-order valence-corrected chi connectivity index (χ3v) is 3.18. The van der Waals surface area contributed by atoms with Crippen molar-refractivity contribution in [2.75, 3.05) is 26.7 Å². The van der Waals surface area contributed by atoms with E-state index in [1.807, 2.05) is 6.92 Å². The van der Waals surface area contributed by atoms with Gasteiger partial charge in [0.05, 0.1) is 5.69 Å². The molecule has 108 valence electrons. The summed E-state index contributed by atoms with van der Waals surface area (Å²) < 4.78 is 0. The number of carbonyl (C=O) groups is 2. The molecule has 1 atom stereocenters. The van der Waals surface area contributed by atoms with Crippen molar-refractivity contribution in [3.05, 3.63) is 24.3 Å². The van der Waals surface area contributed by atoms with Gasteiger partial charge in [0.2, 0.25) is 5.91 Å². The van der Waals surface area contributed by atoms with E-state index in [4.69, 9.17) is 0 Å². The molecule has 1 saturated heterocycles. The van der Waals surface area contributed by atoms with E-state index in [2.05, 4.69) is 15.3 Å². The van der Waals surface area contributed by atoms with Crippen molar-refractivity contribution < 1.29 is 9.59 Å². The summed E-state index contributed by atoms with van der Waals surface area (Å²) >= 11 is 0. The van der Waals surface area contributed by atoms with Gasteiger partial charge < -0.3 is 15.1 Å². The summed E-state index contributed by atoms with van der Waals surface area (Å²) in [7, 11) is 1.73. The largest absolute Gasteiger partial charge is 0.352 e. The van der Waals surface area contributed by atoms with Crippen LogP contribution in [-0.4, -0.2) is 64.4 Å². The molecule has 0 aromatic carbocycles. The highest BCUT2D eigenvalue weighted by atomic mass is 16.2. The molecule has 1 fully saturated rings. The second-order valence-electron chi connectivity index (χ2n) is 5.00. The van der Waals surface area contributed by atoms with E-state index < -0.39 is 0 Å². The van der Waals surface area contributed by atoms with Gasteiger partial charge in [-0.15, -0.1) is 0 Å². The minimum absolute atomic E-state index is 0.0466. The third-order valence-electron chi connectivity index (χ3n) is 3.18. The van der Waals surface area contributed by atoms with Crippen molar-refractivity contribution in [2.24, 2.45) is 0 Å². The minimum Gasteiger partial charge on any atom is -0.352 e. The maximum absolute atomic E-state index is 11.9. The minimum atomic E-state index is -0.148. The number of amides is 3. The molecule has 3 amide bonds. The average Bonchev–Trinajstić information content (AvgIpc) is 2.71. The molecule has 0 saturated carbocycles. The molecular weight excluding hydrogens is 258 g/mol. The molecule has 20 heavy (non-hydrogen) atoms. The van der Waals surface area contributed by atoms with Gasteiger partial charge in [0.25, 0.3) is 0 Å². The Hall–Kier alpha value is -2.18. The molecule has 0 bridgehead atoms. The van der Waals surface area contributed by atoms with Gasteiger partial charge in [-0.25, -0.2) is 4.79 Å². The van der Waals surface area contributed by atoms with E-state index in [0.717, 1.165) is 5.69 Å². The van der Waals surface area contributed by atoms with Crippen molar-refractivity contribution in [1.29, 1.82) is 0 Å². The van der Waals surface area contributed by atoms with Crippen LogP contribution in [0.25, 0.3) is 0 Å². The van der Waals surface area contributed by atoms with E-state index in [0.29, 0.717) is 19.5 Å². The monoisotopic (exact) mass is 277 g/mol. The molecule has 2 heterocycles. The molecule has 1 aliphatic rings. The van der Waals surface area contributed by atoms with E-state index in [1.54, 1.807) is 35.4 Å². The first kappa shape index (κ1) is 14.2. The predicted octanol–water partition coefficient (Wildman–Crippen LogP) is -0.109. The summed E-state index contributed by atoms with van der Waals surface area (Å²) in [4.78, 5) is 34.9. The van der Waals surface area contributed by atoms with Crippen molar-refractivity contribution in [1.82, 2.24) is 25.1 Å². The lowest BCUT2D eigenvalue weighted by Gasteiger charge is -2.18. The van der Waals surface area contributed by atoms with Crippen molar-refractivity contribution in [3.63, 3.8) is 0 Å². The maximum Gasteiger partial charge on any atom is 0.320 e. The molecule has 0 spiro atoms. The second-order valence-corrected chi connectivity index (χ2v) is 5.00. The van der Waals surface area contributed by atoms with Crippen LogP contribution < -0.4 is 5.32 Å². The van der Waals surface area contributed by atoms with Gasteiger partial charge in [0.1, 0.15) is 6.54 Å². The lowest BCUT2D eigenvalue weighted by Crippen LogP contribution is -2.43. The second kappa shape index (κ2) is 6.31. The number of likely N-dealkylation sites (N-methyl/N-ethyl adjacent to an activating group) is 1. The van der Waals surface area contributed by atoms with Crippen LogP contribution in [0.1, 0.15) is 12.6 Å². The Bertz CT molecular complexity index is 479. The smallest absolute Gasteiger partial charge is 0.320 e. The molecule has 0 radical (unpaired) electrons. The van der Waals surface area contributed by atoms with Gasteiger partial charge in [-0.05, 0) is 6.92 Å². The van der Waals surface area contributed by atoms with Crippen molar-refractivity contribution in [3.8, 4) is 0 Å². The Kier molecular flexibility index (Phi) is 4.49. The molecule has 7 nitrogen and oxygen atoms in total. The molecule has 2 rings (SSSR count). The lowest BCUT2D eigenvalue weighted by molar-refractivity contribution is -0.122. The van der Waals surface area contributed by atoms with Gasteiger partial charge in [-0.1, -0.05) is 0 Å². The molecule has 1 N–H and O–H groups in total. The zero-order valence-electron chi connectivity index (χ0n) is 11.7. The first-order valence-electron chi connectivity index (χ1n) is 6.60. The van der Waals surface area contributed by atoms with E-state index in [1.165, 1.54) is 0 Å². The number of hydrogen-bond donors (Lipinski definition) is 1. The summed E-state index contributed by atoms with van der Waals surface area (Å²) in [6.07, 6.45) is 5.54. The number of aromatic nitrogens is 2. The standard InChI is InChI=1S/C13H19N5O2/c1-10(7-11-8-14-3-4-15-11)16-12(19)9-18-6-5-17(2)13(18)20/h3-4,8,10H,5-7,9H2,1-2H3,(H,16,19). The number of nitrogens with zero attached hydrogens (tertiary/aromatic N) is 4.